The Labute approximate surface area is 96.1 Å². The lowest BCUT2D eigenvalue weighted by Gasteiger charge is -2.27. The van der Waals surface area contributed by atoms with Gasteiger partial charge < -0.3 is 0 Å². The van der Waals surface area contributed by atoms with Crippen molar-refractivity contribution in [2.75, 3.05) is 6.66 Å². The van der Waals surface area contributed by atoms with Crippen molar-refractivity contribution < 1.29 is 0 Å². The highest BCUT2D eigenvalue weighted by molar-refractivity contribution is 14.0. The van der Waals surface area contributed by atoms with Gasteiger partial charge in [-0.2, -0.15) is 0 Å². The summed E-state index contributed by atoms with van der Waals surface area (Å²) in [6.07, 6.45) is 8.99. The fourth-order valence-corrected chi connectivity index (χ4v) is 3.06. The van der Waals surface area contributed by atoms with Crippen LogP contribution in [0, 0.1) is 5.92 Å². The molecule has 0 radical (unpaired) electrons. The van der Waals surface area contributed by atoms with Crippen molar-refractivity contribution in [1.29, 1.82) is 0 Å². The van der Waals surface area contributed by atoms with Gasteiger partial charge in [0.25, 0.3) is 0 Å². The molecule has 0 nitrogen and oxygen atoms in total. The van der Waals surface area contributed by atoms with Gasteiger partial charge in [0.2, 0.25) is 0 Å². The van der Waals surface area contributed by atoms with Gasteiger partial charge in [-0.05, 0) is 43.9 Å². The smallest absolute Gasteiger partial charge is 0.0239 e. The zero-order valence-corrected chi connectivity index (χ0v) is 11.6. The van der Waals surface area contributed by atoms with Crippen LogP contribution in [-0.4, -0.2) is 12.3 Å². The minimum Gasteiger partial charge on any atom is -0.122 e. The number of hydrogen-bond acceptors (Lipinski definition) is 0. The molecule has 1 unspecified atom stereocenters. The van der Waals surface area contributed by atoms with Gasteiger partial charge in [0, 0.05) is 0 Å². The van der Waals surface area contributed by atoms with E-state index in [2.05, 4.69) is 13.6 Å². The highest BCUT2D eigenvalue weighted by atomic mass is 127. The third kappa shape index (κ3) is 4.41. The Kier molecular flexibility index (Phi) is 8.28. The van der Waals surface area contributed by atoms with Crippen molar-refractivity contribution in [1.82, 2.24) is 0 Å². The molecular formula is C10H22IP. The van der Waals surface area contributed by atoms with Gasteiger partial charge in [-0.15, -0.1) is 32.6 Å². The summed E-state index contributed by atoms with van der Waals surface area (Å²) in [5, 5.41) is 0. The van der Waals surface area contributed by atoms with E-state index in [9.17, 15) is 0 Å². The Morgan fingerprint density at radius 3 is 2.17 bits per heavy atom. The van der Waals surface area contributed by atoms with E-state index in [4.69, 9.17) is 0 Å². The second kappa shape index (κ2) is 7.55. The van der Waals surface area contributed by atoms with Crippen LogP contribution in [0.15, 0.2) is 0 Å². The van der Waals surface area contributed by atoms with Crippen molar-refractivity contribution in [3.05, 3.63) is 0 Å². The SMILES string of the molecule is CCCC1CCC(PC)CC1.I. The summed E-state index contributed by atoms with van der Waals surface area (Å²) in [7, 11) is 1.20. The fourth-order valence-electron chi connectivity index (χ4n) is 2.15. The minimum atomic E-state index is 0. The van der Waals surface area contributed by atoms with Gasteiger partial charge in [0.05, 0.1) is 0 Å². The van der Waals surface area contributed by atoms with Crippen molar-refractivity contribution in [2.45, 2.75) is 51.1 Å². The van der Waals surface area contributed by atoms with E-state index in [0.29, 0.717) is 0 Å². The van der Waals surface area contributed by atoms with E-state index >= 15 is 0 Å². The Balaban J connectivity index is 0.00000121. The van der Waals surface area contributed by atoms with E-state index in [0.717, 1.165) is 11.6 Å². The van der Waals surface area contributed by atoms with E-state index in [1.807, 2.05) is 0 Å². The van der Waals surface area contributed by atoms with Crippen molar-refractivity contribution in [3.63, 3.8) is 0 Å². The average Bonchev–Trinajstić information content (AvgIpc) is 2.07. The summed E-state index contributed by atoms with van der Waals surface area (Å²) in [6, 6.07) is 0. The third-order valence-electron chi connectivity index (χ3n) is 2.95. The first kappa shape index (κ1) is 13.2. The molecule has 74 valence electrons. The third-order valence-corrected chi connectivity index (χ3v) is 4.35. The standard InChI is InChI=1S/C10H21P.HI/c1-3-4-9-5-7-10(11-2)8-6-9;/h9-11H,3-8H2,1-2H3;1H. The van der Waals surface area contributed by atoms with E-state index < -0.39 is 0 Å². The first-order valence-corrected chi connectivity index (χ1v) is 6.61. The normalized spacial score (nSPS) is 30.5. The molecule has 2 heteroatoms. The maximum atomic E-state index is 2.37. The average molecular weight is 300 g/mol. The summed E-state index contributed by atoms with van der Waals surface area (Å²) < 4.78 is 0. The van der Waals surface area contributed by atoms with Gasteiger partial charge in [-0.25, -0.2) is 0 Å². The number of halogens is 1. The molecule has 0 aromatic carbocycles. The highest BCUT2D eigenvalue weighted by Gasteiger charge is 2.18. The number of hydrogen-bond donors (Lipinski definition) is 0. The monoisotopic (exact) mass is 300 g/mol. The molecule has 0 heterocycles. The fraction of sp³-hybridized carbons (Fsp3) is 1.00. The van der Waals surface area contributed by atoms with Crippen LogP contribution < -0.4 is 0 Å². The zero-order valence-electron chi connectivity index (χ0n) is 8.31. The molecule has 0 aromatic heterocycles. The molecule has 1 rings (SSSR count). The van der Waals surface area contributed by atoms with Crippen LogP contribution in [0.3, 0.4) is 0 Å². The van der Waals surface area contributed by atoms with Crippen LogP contribution in [-0.2, 0) is 0 Å². The van der Waals surface area contributed by atoms with E-state index in [1.54, 1.807) is 0 Å². The first-order valence-electron chi connectivity index (χ1n) is 5.04. The Bertz CT molecular complexity index is 98.0. The molecule has 1 atom stereocenters. The summed E-state index contributed by atoms with van der Waals surface area (Å²) in [5.41, 5.74) is 1.10. The van der Waals surface area contributed by atoms with Gasteiger partial charge in [0.15, 0.2) is 0 Å². The lowest BCUT2D eigenvalue weighted by Crippen LogP contribution is -2.14. The predicted molar refractivity (Wildman–Crippen MR) is 70.3 cm³/mol. The van der Waals surface area contributed by atoms with Crippen LogP contribution in [0.5, 0.6) is 0 Å². The van der Waals surface area contributed by atoms with Crippen LogP contribution in [0.4, 0.5) is 0 Å². The van der Waals surface area contributed by atoms with Gasteiger partial charge in [-0.3, -0.25) is 0 Å². The quantitative estimate of drug-likeness (QED) is 0.539. The molecule has 1 aliphatic carbocycles. The second-order valence-electron chi connectivity index (χ2n) is 3.79. The summed E-state index contributed by atoms with van der Waals surface area (Å²) in [4.78, 5) is 0. The van der Waals surface area contributed by atoms with Gasteiger partial charge in [0.1, 0.15) is 0 Å². The molecule has 0 aliphatic heterocycles. The van der Waals surface area contributed by atoms with Crippen LogP contribution in [0.25, 0.3) is 0 Å². The maximum absolute atomic E-state index is 2.37. The molecule has 0 spiro atoms. The van der Waals surface area contributed by atoms with Crippen LogP contribution >= 0.6 is 32.6 Å². The summed E-state index contributed by atoms with van der Waals surface area (Å²) in [5.74, 6) is 1.09. The largest absolute Gasteiger partial charge is 0.122 e. The molecule has 1 saturated carbocycles. The minimum absolute atomic E-state index is 0. The lowest BCUT2D eigenvalue weighted by molar-refractivity contribution is 0.342. The highest BCUT2D eigenvalue weighted by Crippen LogP contribution is 2.35. The van der Waals surface area contributed by atoms with Crippen LogP contribution in [0.2, 0.25) is 0 Å². The topological polar surface area (TPSA) is 0 Å². The molecule has 1 aliphatic rings. The first-order chi connectivity index (χ1) is 5.36. The zero-order chi connectivity index (χ0) is 8.10. The molecule has 0 N–H and O–H groups in total. The van der Waals surface area contributed by atoms with Crippen LogP contribution in [0.1, 0.15) is 45.4 Å². The molecule has 1 fully saturated rings. The molecule has 0 amide bonds. The predicted octanol–water partition coefficient (Wildman–Crippen LogP) is 4.27. The molecule has 0 saturated heterocycles. The van der Waals surface area contributed by atoms with E-state index in [-0.39, 0.29) is 24.0 Å². The Morgan fingerprint density at radius 1 is 1.17 bits per heavy atom. The molecule has 0 aromatic rings. The Morgan fingerprint density at radius 2 is 1.75 bits per heavy atom. The maximum Gasteiger partial charge on any atom is -0.0239 e. The summed E-state index contributed by atoms with van der Waals surface area (Å²) in [6.45, 7) is 4.68. The lowest BCUT2D eigenvalue weighted by atomic mass is 9.86. The van der Waals surface area contributed by atoms with Crippen molar-refractivity contribution in [3.8, 4) is 0 Å². The van der Waals surface area contributed by atoms with Crippen molar-refractivity contribution in [2.24, 2.45) is 5.92 Å². The van der Waals surface area contributed by atoms with Gasteiger partial charge in [-0.1, -0.05) is 19.8 Å². The summed E-state index contributed by atoms with van der Waals surface area (Å²) >= 11 is 0. The van der Waals surface area contributed by atoms with E-state index in [1.165, 1.54) is 47.1 Å². The number of rotatable bonds is 3. The molecule has 12 heavy (non-hydrogen) atoms. The van der Waals surface area contributed by atoms with Crippen molar-refractivity contribution >= 4 is 32.6 Å². The second-order valence-corrected chi connectivity index (χ2v) is 5.19. The van der Waals surface area contributed by atoms with Gasteiger partial charge >= 0.3 is 0 Å². The molecule has 0 bridgehead atoms. The molecular weight excluding hydrogens is 278 g/mol. The Hall–Kier alpha value is 1.16.